The smallest absolute Gasteiger partial charge is 0.224 e. The quantitative estimate of drug-likeness (QED) is 0.575. The van der Waals surface area contributed by atoms with Gasteiger partial charge in [0.05, 0.1) is 12.3 Å². The summed E-state index contributed by atoms with van der Waals surface area (Å²) in [7, 11) is 0. The molecule has 1 aliphatic heterocycles. The fourth-order valence-electron chi connectivity index (χ4n) is 3.58. The Morgan fingerprint density at radius 1 is 1.20 bits per heavy atom. The zero-order chi connectivity index (χ0) is 20.8. The summed E-state index contributed by atoms with van der Waals surface area (Å²) in [6, 6.07) is 18.4. The Morgan fingerprint density at radius 3 is 2.77 bits per heavy atom. The van der Waals surface area contributed by atoms with Crippen molar-refractivity contribution in [1.29, 1.82) is 0 Å². The van der Waals surface area contributed by atoms with E-state index < -0.39 is 0 Å². The average molecular weight is 422 g/mol. The van der Waals surface area contributed by atoms with E-state index in [9.17, 15) is 4.79 Å². The first-order valence-corrected chi connectivity index (χ1v) is 11.3. The van der Waals surface area contributed by atoms with Gasteiger partial charge in [-0.1, -0.05) is 49.4 Å². The number of carbonyl (C=O) groups is 1. The number of nitrogens with zero attached hydrogens (tertiary/aromatic N) is 2. The summed E-state index contributed by atoms with van der Waals surface area (Å²) in [6.45, 7) is 5.45. The molecule has 0 spiro atoms. The van der Waals surface area contributed by atoms with Gasteiger partial charge in [0.15, 0.2) is 0 Å². The molecule has 1 atom stereocenters. The molecule has 0 radical (unpaired) electrons. The molecule has 0 saturated carbocycles. The van der Waals surface area contributed by atoms with Gasteiger partial charge in [0.25, 0.3) is 0 Å². The van der Waals surface area contributed by atoms with Crippen LogP contribution in [0.2, 0.25) is 0 Å². The molecule has 2 aromatic carbocycles. The van der Waals surface area contributed by atoms with Crippen LogP contribution in [0.4, 0.5) is 5.69 Å². The minimum Gasteiger partial charge on any atom is -0.368 e. The van der Waals surface area contributed by atoms with E-state index in [0.717, 1.165) is 54.6 Å². The number of amides is 1. The molecule has 0 aliphatic carbocycles. The van der Waals surface area contributed by atoms with Crippen molar-refractivity contribution in [1.82, 2.24) is 9.88 Å². The first-order chi connectivity index (χ1) is 14.7. The van der Waals surface area contributed by atoms with Gasteiger partial charge in [-0.2, -0.15) is 0 Å². The number of morpholine rings is 1. The van der Waals surface area contributed by atoms with Crippen LogP contribution in [-0.4, -0.2) is 35.5 Å². The largest absolute Gasteiger partial charge is 0.368 e. The summed E-state index contributed by atoms with van der Waals surface area (Å²) in [5.74, 6) is 0.0516. The summed E-state index contributed by atoms with van der Waals surface area (Å²) in [5.41, 5.74) is 4.14. The van der Waals surface area contributed by atoms with Crippen LogP contribution in [0.3, 0.4) is 0 Å². The molecule has 1 aliphatic rings. The van der Waals surface area contributed by atoms with Crippen LogP contribution in [0.1, 0.15) is 36.4 Å². The summed E-state index contributed by atoms with van der Waals surface area (Å²) >= 11 is 1.65. The number of hydrogen-bond donors (Lipinski definition) is 1. The Morgan fingerprint density at radius 2 is 2.00 bits per heavy atom. The van der Waals surface area contributed by atoms with Gasteiger partial charge in [-0.15, -0.1) is 11.3 Å². The summed E-state index contributed by atoms with van der Waals surface area (Å²) in [4.78, 5) is 19.0. The van der Waals surface area contributed by atoms with Gasteiger partial charge in [0.1, 0.15) is 11.1 Å². The maximum Gasteiger partial charge on any atom is 0.224 e. The highest BCUT2D eigenvalue weighted by atomic mass is 32.1. The van der Waals surface area contributed by atoms with Gasteiger partial charge < -0.3 is 10.1 Å². The molecule has 1 amide bonds. The Labute approximate surface area is 181 Å². The number of aromatic nitrogens is 1. The fraction of sp³-hybridized carbons (Fsp3) is 0.333. The lowest BCUT2D eigenvalue weighted by atomic mass is 10.1. The topological polar surface area (TPSA) is 54.5 Å². The van der Waals surface area contributed by atoms with Gasteiger partial charge in [-0.3, -0.25) is 9.69 Å². The van der Waals surface area contributed by atoms with E-state index in [4.69, 9.17) is 9.72 Å². The minimum atomic E-state index is 0.00816. The lowest BCUT2D eigenvalue weighted by molar-refractivity contribution is -0.116. The molecule has 5 nitrogen and oxygen atoms in total. The number of benzene rings is 2. The third kappa shape index (κ3) is 5.33. The molecule has 0 bridgehead atoms. The fourth-order valence-corrected chi connectivity index (χ4v) is 4.45. The Kier molecular flexibility index (Phi) is 6.89. The third-order valence-electron chi connectivity index (χ3n) is 5.14. The molecule has 1 unspecified atom stereocenters. The Hall–Kier alpha value is -2.54. The van der Waals surface area contributed by atoms with E-state index in [2.05, 4.69) is 39.9 Å². The van der Waals surface area contributed by atoms with Gasteiger partial charge in [-0.05, 0) is 24.1 Å². The molecular formula is C24H27N3O2S. The number of thiazole rings is 1. The number of ether oxygens (including phenoxy) is 1. The molecule has 1 fully saturated rings. The predicted octanol–water partition coefficient (Wildman–Crippen LogP) is 5.12. The summed E-state index contributed by atoms with van der Waals surface area (Å²) < 4.78 is 6.03. The van der Waals surface area contributed by atoms with Crippen molar-refractivity contribution in [2.45, 2.75) is 32.4 Å². The van der Waals surface area contributed by atoms with Crippen LogP contribution in [0, 0.1) is 0 Å². The number of rotatable bonds is 7. The van der Waals surface area contributed by atoms with Crippen molar-refractivity contribution in [3.63, 3.8) is 0 Å². The maximum atomic E-state index is 11.7. The highest BCUT2D eigenvalue weighted by Gasteiger charge is 2.24. The minimum absolute atomic E-state index is 0.00816. The number of hydrogen-bond acceptors (Lipinski definition) is 5. The van der Waals surface area contributed by atoms with Crippen LogP contribution in [0.15, 0.2) is 60.0 Å². The summed E-state index contributed by atoms with van der Waals surface area (Å²) in [5, 5.41) is 6.02. The van der Waals surface area contributed by atoms with Gasteiger partial charge in [0, 0.05) is 42.7 Å². The second kappa shape index (κ2) is 9.98. The third-order valence-corrected chi connectivity index (χ3v) is 6.08. The van der Waals surface area contributed by atoms with E-state index in [1.165, 1.54) is 5.56 Å². The molecule has 6 heteroatoms. The maximum absolute atomic E-state index is 11.7. The van der Waals surface area contributed by atoms with Crippen LogP contribution in [0.25, 0.3) is 11.3 Å². The average Bonchev–Trinajstić information content (AvgIpc) is 3.26. The SMILES string of the molecule is CCCC(=O)Nc1ccc(-c2csc(C3CN(Cc4ccccc4)CCO3)n2)cc1. The number of carbonyl (C=O) groups excluding carboxylic acids is 1. The van der Waals surface area contributed by atoms with Crippen LogP contribution >= 0.6 is 11.3 Å². The highest BCUT2D eigenvalue weighted by molar-refractivity contribution is 7.10. The van der Waals surface area contributed by atoms with Gasteiger partial charge in [0.2, 0.25) is 5.91 Å². The van der Waals surface area contributed by atoms with Crippen molar-refractivity contribution in [2.75, 3.05) is 25.0 Å². The van der Waals surface area contributed by atoms with Crippen molar-refractivity contribution in [3.05, 3.63) is 70.5 Å². The van der Waals surface area contributed by atoms with Crippen LogP contribution in [0.5, 0.6) is 0 Å². The van der Waals surface area contributed by atoms with Crippen LogP contribution < -0.4 is 5.32 Å². The van der Waals surface area contributed by atoms with E-state index in [1.807, 2.05) is 37.3 Å². The van der Waals surface area contributed by atoms with Gasteiger partial charge >= 0.3 is 0 Å². The highest BCUT2D eigenvalue weighted by Crippen LogP contribution is 2.30. The Bertz CT molecular complexity index is 956. The number of nitrogens with one attached hydrogen (secondary N) is 1. The monoisotopic (exact) mass is 421 g/mol. The van der Waals surface area contributed by atoms with E-state index in [-0.39, 0.29) is 12.0 Å². The lowest BCUT2D eigenvalue weighted by Crippen LogP contribution is -2.37. The standard InChI is InChI=1S/C24H27N3O2S/c1-2-6-23(28)25-20-11-9-19(10-12-20)21-17-30-24(26-21)22-16-27(13-14-29-22)15-18-7-4-3-5-8-18/h3-5,7-12,17,22H,2,6,13-16H2,1H3,(H,25,28). The molecule has 3 aromatic rings. The first kappa shape index (κ1) is 20.7. The second-order valence-corrected chi connectivity index (χ2v) is 8.42. The summed E-state index contributed by atoms with van der Waals surface area (Å²) in [6.07, 6.45) is 1.39. The van der Waals surface area contributed by atoms with Crippen LogP contribution in [-0.2, 0) is 16.1 Å². The molecule has 1 N–H and O–H groups in total. The zero-order valence-corrected chi connectivity index (χ0v) is 18.0. The number of anilines is 1. The van der Waals surface area contributed by atoms with Crippen molar-refractivity contribution in [2.24, 2.45) is 0 Å². The van der Waals surface area contributed by atoms with Gasteiger partial charge in [-0.25, -0.2) is 4.98 Å². The normalized spacial score (nSPS) is 17.0. The molecule has 1 saturated heterocycles. The first-order valence-electron chi connectivity index (χ1n) is 10.4. The van der Waals surface area contributed by atoms with Crippen molar-refractivity contribution < 1.29 is 9.53 Å². The van der Waals surface area contributed by atoms with Crippen molar-refractivity contribution >= 4 is 22.9 Å². The molecular weight excluding hydrogens is 394 g/mol. The molecule has 1 aromatic heterocycles. The van der Waals surface area contributed by atoms with E-state index in [0.29, 0.717) is 6.42 Å². The molecule has 4 rings (SSSR count). The predicted molar refractivity (Wildman–Crippen MR) is 121 cm³/mol. The van der Waals surface area contributed by atoms with E-state index in [1.54, 1.807) is 11.3 Å². The second-order valence-electron chi connectivity index (χ2n) is 7.53. The zero-order valence-electron chi connectivity index (χ0n) is 17.2. The Balaban J connectivity index is 1.39. The van der Waals surface area contributed by atoms with Crippen molar-refractivity contribution in [3.8, 4) is 11.3 Å². The molecule has 156 valence electrons. The molecule has 30 heavy (non-hydrogen) atoms. The lowest BCUT2D eigenvalue weighted by Gasteiger charge is -2.32. The van der Waals surface area contributed by atoms with E-state index >= 15 is 0 Å². The molecule has 2 heterocycles.